The summed E-state index contributed by atoms with van der Waals surface area (Å²) >= 11 is 6.19. The number of fused-ring (bicyclic) bond motifs is 1. The number of likely N-dealkylation sites (N-methyl/N-ethyl adjacent to an activating group) is 1. The van der Waals surface area contributed by atoms with E-state index in [0.717, 1.165) is 26.2 Å². The zero-order chi connectivity index (χ0) is 13.1. The van der Waals surface area contributed by atoms with E-state index in [2.05, 4.69) is 34.4 Å². The standard InChI is InChI=1S/C12H25ClN4O/c1-9(8-18-3)17-6-4-5-16(2)10-7-14-12(13)15-11(10)17/h9-12,14-15H,4-8H2,1-3H3. The van der Waals surface area contributed by atoms with Crippen molar-refractivity contribution in [3.05, 3.63) is 0 Å². The molecule has 5 nitrogen and oxygen atoms in total. The lowest BCUT2D eigenvalue weighted by atomic mass is 10.1. The number of ether oxygens (including phenoxy) is 1. The van der Waals surface area contributed by atoms with Gasteiger partial charge in [0, 0.05) is 26.2 Å². The highest BCUT2D eigenvalue weighted by molar-refractivity contribution is 6.20. The van der Waals surface area contributed by atoms with Crippen molar-refractivity contribution in [3.8, 4) is 0 Å². The molecule has 18 heavy (non-hydrogen) atoms. The van der Waals surface area contributed by atoms with E-state index in [4.69, 9.17) is 16.3 Å². The molecule has 2 aliphatic heterocycles. The van der Waals surface area contributed by atoms with Crippen molar-refractivity contribution in [3.63, 3.8) is 0 Å². The van der Waals surface area contributed by atoms with Crippen molar-refractivity contribution >= 4 is 11.6 Å². The molecule has 0 aromatic heterocycles. The van der Waals surface area contributed by atoms with E-state index in [0.29, 0.717) is 18.2 Å². The Balaban J connectivity index is 2.11. The summed E-state index contributed by atoms with van der Waals surface area (Å²) in [5.74, 6) is 0. The number of methoxy groups -OCH3 is 1. The van der Waals surface area contributed by atoms with Crippen molar-refractivity contribution < 1.29 is 4.74 Å². The third kappa shape index (κ3) is 3.15. The summed E-state index contributed by atoms with van der Waals surface area (Å²) < 4.78 is 5.30. The van der Waals surface area contributed by atoms with Crippen LogP contribution in [0.4, 0.5) is 0 Å². The largest absolute Gasteiger partial charge is 0.383 e. The molecule has 0 aromatic rings. The minimum atomic E-state index is -0.144. The van der Waals surface area contributed by atoms with Crippen LogP contribution in [-0.4, -0.2) is 74.1 Å². The summed E-state index contributed by atoms with van der Waals surface area (Å²) in [6.45, 7) is 6.13. The highest BCUT2D eigenvalue weighted by atomic mass is 35.5. The second-order valence-electron chi connectivity index (χ2n) is 5.33. The first-order chi connectivity index (χ1) is 8.63. The molecule has 4 atom stereocenters. The summed E-state index contributed by atoms with van der Waals surface area (Å²) in [7, 11) is 3.96. The Morgan fingerprint density at radius 1 is 1.44 bits per heavy atom. The molecule has 0 spiro atoms. The van der Waals surface area contributed by atoms with Gasteiger partial charge in [0.15, 0.2) is 0 Å². The highest BCUT2D eigenvalue weighted by Gasteiger charge is 2.38. The molecule has 4 unspecified atom stereocenters. The van der Waals surface area contributed by atoms with Crippen molar-refractivity contribution in [1.82, 2.24) is 20.4 Å². The second-order valence-corrected chi connectivity index (χ2v) is 5.76. The number of hydrogen-bond donors (Lipinski definition) is 2. The molecule has 2 rings (SSSR count). The number of halogens is 1. The van der Waals surface area contributed by atoms with Gasteiger partial charge in [-0.05, 0) is 26.9 Å². The van der Waals surface area contributed by atoms with E-state index in [9.17, 15) is 0 Å². The van der Waals surface area contributed by atoms with Crippen LogP contribution in [0.2, 0.25) is 0 Å². The number of nitrogens with one attached hydrogen (secondary N) is 2. The number of rotatable bonds is 3. The van der Waals surface area contributed by atoms with Crippen molar-refractivity contribution in [2.24, 2.45) is 0 Å². The maximum Gasteiger partial charge on any atom is 0.136 e. The molecule has 0 aliphatic carbocycles. The zero-order valence-electron chi connectivity index (χ0n) is 11.5. The monoisotopic (exact) mass is 276 g/mol. The van der Waals surface area contributed by atoms with Crippen LogP contribution in [0.3, 0.4) is 0 Å². The number of nitrogens with zero attached hydrogens (tertiary/aromatic N) is 2. The van der Waals surface area contributed by atoms with Crippen LogP contribution in [0.25, 0.3) is 0 Å². The summed E-state index contributed by atoms with van der Waals surface area (Å²) in [6, 6.07) is 0.866. The van der Waals surface area contributed by atoms with Crippen molar-refractivity contribution in [2.75, 3.05) is 40.4 Å². The fourth-order valence-electron chi connectivity index (χ4n) is 3.01. The highest BCUT2D eigenvalue weighted by Crippen LogP contribution is 2.20. The number of hydrogen-bond acceptors (Lipinski definition) is 5. The van der Waals surface area contributed by atoms with Gasteiger partial charge in [-0.1, -0.05) is 11.6 Å². The quantitative estimate of drug-likeness (QED) is 0.564. The minimum Gasteiger partial charge on any atom is -0.383 e. The molecular weight excluding hydrogens is 252 g/mol. The van der Waals surface area contributed by atoms with E-state index in [1.54, 1.807) is 7.11 Å². The van der Waals surface area contributed by atoms with Gasteiger partial charge < -0.3 is 4.74 Å². The second kappa shape index (κ2) is 6.50. The molecule has 0 bridgehead atoms. The predicted molar refractivity (Wildman–Crippen MR) is 73.6 cm³/mol. The van der Waals surface area contributed by atoms with Gasteiger partial charge in [-0.3, -0.25) is 20.4 Å². The van der Waals surface area contributed by atoms with Gasteiger partial charge in [0.25, 0.3) is 0 Å². The molecule has 2 heterocycles. The molecule has 2 aliphatic rings. The lowest BCUT2D eigenvalue weighted by Crippen LogP contribution is -2.69. The molecule has 6 heteroatoms. The molecule has 2 fully saturated rings. The van der Waals surface area contributed by atoms with Gasteiger partial charge in [-0.25, -0.2) is 0 Å². The summed E-state index contributed by atoms with van der Waals surface area (Å²) in [4.78, 5) is 4.92. The Morgan fingerprint density at radius 2 is 2.22 bits per heavy atom. The van der Waals surface area contributed by atoms with Crippen molar-refractivity contribution in [2.45, 2.75) is 37.2 Å². The first-order valence-electron chi connectivity index (χ1n) is 6.72. The van der Waals surface area contributed by atoms with Crippen LogP contribution in [0.15, 0.2) is 0 Å². The molecule has 106 valence electrons. The molecule has 2 N–H and O–H groups in total. The SMILES string of the molecule is COCC(C)N1CCCN(C)C2CNC(Cl)NC21. The first kappa shape index (κ1) is 14.5. The average Bonchev–Trinajstić information content (AvgIpc) is 2.49. The van der Waals surface area contributed by atoms with Gasteiger partial charge in [-0.15, -0.1) is 0 Å². The Labute approximate surface area is 115 Å². The summed E-state index contributed by atoms with van der Waals surface area (Å²) in [6.07, 6.45) is 1.48. The van der Waals surface area contributed by atoms with E-state index in [1.165, 1.54) is 6.42 Å². The van der Waals surface area contributed by atoms with Crippen LogP contribution in [0, 0.1) is 0 Å². The molecule has 0 aromatic carbocycles. The molecule has 0 radical (unpaired) electrons. The van der Waals surface area contributed by atoms with Gasteiger partial charge in [0.1, 0.15) is 5.62 Å². The van der Waals surface area contributed by atoms with Crippen molar-refractivity contribution in [1.29, 1.82) is 0 Å². The Hall–Kier alpha value is 0.0900. The third-order valence-corrected chi connectivity index (χ3v) is 4.29. The number of alkyl halides is 1. The van der Waals surface area contributed by atoms with Gasteiger partial charge in [0.2, 0.25) is 0 Å². The Bertz CT molecular complexity index is 268. The van der Waals surface area contributed by atoms with Crippen LogP contribution in [0.1, 0.15) is 13.3 Å². The third-order valence-electron chi connectivity index (χ3n) is 4.01. The summed E-state index contributed by atoms with van der Waals surface area (Å²) in [5, 5.41) is 6.75. The lowest BCUT2D eigenvalue weighted by molar-refractivity contribution is 0.0187. The van der Waals surface area contributed by atoms with E-state index in [-0.39, 0.29) is 5.62 Å². The lowest BCUT2D eigenvalue weighted by Gasteiger charge is -2.45. The van der Waals surface area contributed by atoms with Gasteiger partial charge >= 0.3 is 0 Å². The Morgan fingerprint density at radius 3 is 2.94 bits per heavy atom. The van der Waals surface area contributed by atoms with E-state index < -0.39 is 0 Å². The fraction of sp³-hybridized carbons (Fsp3) is 1.00. The zero-order valence-corrected chi connectivity index (χ0v) is 12.3. The normalized spacial score (nSPS) is 37.0. The van der Waals surface area contributed by atoms with Crippen LogP contribution < -0.4 is 10.6 Å². The molecule has 0 saturated carbocycles. The van der Waals surface area contributed by atoms with Gasteiger partial charge in [0.05, 0.1) is 18.8 Å². The van der Waals surface area contributed by atoms with Crippen LogP contribution in [0.5, 0.6) is 0 Å². The van der Waals surface area contributed by atoms with Crippen LogP contribution >= 0.6 is 11.6 Å². The topological polar surface area (TPSA) is 39.8 Å². The maximum atomic E-state index is 6.19. The fourth-order valence-corrected chi connectivity index (χ4v) is 3.23. The molecular formula is C12H25ClN4O. The van der Waals surface area contributed by atoms with E-state index >= 15 is 0 Å². The van der Waals surface area contributed by atoms with E-state index in [1.807, 2.05) is 0 Å². The van der Waals surface area contributed by atoms with Crippen LogP contribution in [-0.2, 0) is 4.74 Å². The smallest absolute Gasteiger partial charge is 0.136 e. The maximum absolute atomic E-state index is 6.19. The minimum absolute atomic E-state index is 0.144. The molecule has 0 amide bonds. The Kier molecular flexibility index (Phi) is 5.24. The average molecular weight is 277 g/mol. The molecule has 2 saturated heterocycles. The first-order valence-corrected chi connectivity index (χ1v) is 7.15. The van der Waals surface area contributed by atoms with Gasteiger partial charge in [-0.2, -0.15) is 0 Å². The predicted octanol–water partition coefficient (Wildman–Crippen LogP) is 0.0687. The summed E-state index contributed by atoms with van der Waals surface area (Å²) in [5.41, 5.74) is -0.144.